The van der Waals surface area contributed by atoms with Crippen LogP contribution in [0.3, 0.4) is 0 Å². The fourth-order valence-corrected chi connectivity index (χ4v) is 2.12. The molecule has 0 spiro atoms. The molecule has 6 nitrogen and oxygen atoms in total. The van der Waals surface area contributed by atoms with Crippen LogP contribution in [0, 0.1) is 0 Å². The van der Waals surface area contributed by atoms with Gasteiger partial charge in [0, 0.05) is 11.6 Å². The summed E-state index contributed by atoms with van der Waals surface area (Å²) in [6, 6.07) is -1.52. The molecule has 2 unspecified atom stereocenters. The highest BCUT2D eigenvalue weighted by molar-refractivity contribution is 7.09. The second-order valence-corrected chi connectivity index (χ2v) is 4.50. The summed E-state index contributed by atoms with van der Waals surface area (Å²) < 4.78 is 4.69. The number of esters is 1. The zero-order valence-electron chi connectivity index (χ0n) is 10.4. The molecule has 0 aliphatic heterocycles. The van der Waals surface area contributed by atoms with Gasteiger partial charge < -0.3 is 15.8 Å². The van der Waals surface area contributed by atoms with Crippen LogP contribution in [-0.4, -0.2) is 29.5 Å². The molecule has 0 fully saturated rings. The number of amides is 1. The maximum atomic E-state index is 11.8. The lowest BCUT2D eigenvalue weighted by atomic mass is 10.2. The molecule has 1 rings (SSSR count). The van der Waals surface area contributed by atoms with Crippen molar-refractivity contribution in [3.8, 4) is 0 Å². The summed E-state index contributed by atoms with van der Waals surface area (Å²) in [4.78, 5) is 27.2. The highest BCUT2D eigenvalue weighted by atomic mass is 32.1. The number of hydrogen-bond donors (Lipinski definition) is 2. The average Bonchev–Trinajstić information content (AvgIpc) is 2.88. The number of nitrogens with zero attached hydrogens (tertiary/aromatic N) is 1. The molecule has 0 saturated carbocycles. The van der Waals surface area contributed by atoms with E-state index in [2.05, 4.69) is 10.3 Å². The summed E-state index contributed by atoms with van der Waals surface area (Å²) >= 11 is 1.45. The number of hydrogen-bond acceptors (Lipinski definition) is 6. The first-order chi connectivity index (χ1) is 8.60. The lowest BCUT2D eigenvalue weighted by Gasteiger charge is -2.17. The molecule has 1 aromatic rings. The van der Waals surface area contributed by atoms with Crippen LogP contribution < -0.4 is 11.1 Å². The molecule has 0 aliphatic rings. The Morgan fingerprint density at radius 1 is 1.56 bits per heavy atom. The summed E-state index contributed by atoms with van der Waals surface area (Å²) in [6.45, 7) is 3.78. The van der Waals surface area contributed by atoms with Gasteiger partial charge in [-0.05, 0) is 13.3 Å². The van der Waals surface area contributed by atoms with Crippen LogP contribution in [0.2, 0.25) is 0 Å². The summed E-state index contributed by atoms with van der Waals surface area (Å²) in [5.74, 6) is -1.26. The Morgan fingerprint density at radius 2 is 2.28 bits per heavy atom. The van der Waals surface area contributed by atoms with Gasteiger partial charge in [-0.1, -0.05) is 6.92 Å². The fourth-order valence-electron chi connectivity index (χ4n) is 1.35. The van der Waals surface area contributed by atoms with Crippen molar-refractivity contribution >= 4 is 23.2 Å². The summed E-state index contributed by atoms with van der Waals surface area (Å²) in [5.41, 5.74) is 5.50. The monoisotopic (exact) mass is 271 g/mol. The van der Waals surface area contributed by atoms with E-state index >= 15 is 0 Å². The van der Waals surface area contributed by atoms with Crippen molar-refractivity contribution in [2.45, 2.75) is 32.4 Å². The molecule has 3 N–H and O–H groups in total. The molecule has 0 saturated heterocycles. The molecule has 0 aromatic carbocycles. The highest BCUT2D eigenvalue weighted by Crippen LogP contribution is 2.18. The van der Waals surface area contributed by atoms with Gasteiger partial charge in [-0.2, -0.15) is 0 Å². The minimum atomic E-state index is -1.29. The number of nitrogens with two attached hydrogens (primary N) is 1. The van der Waals surface area contributed by atoms with E-state index in [-0.39, 0.29) is 12.6 Å². The van der Waals surface area contributed by atoms with Crippen molar-refractivity contribution in [2.75, 3.05) is 6.61 Å². The Labute approximate surface area is 110 Å². The van der Waals surface area contributed by atoms with E-state index in [1.54, 1.807) is 13.1 Å². The molecule has 100 valence electrons. The lowest BCUT2D eigenvalue weighted by Crippen LogP contribution is -2.47. The van der Waals surface area contributed by atoms with Crippen molar-refractivity contribution in [1.29, 1.82) is 0 Å². The quantitative estimate of drug-likeness (QED) is 0.583. The Bertz CT molecular complexity index is 394. The zero-order chi connectivity index (χ0) is 13.5. The number of aromatic nitrogens is 1. The number of carbonyl (C=O) groups is 2. The largest absolute Gasteiger partial charge is 0.464 e. The molecular formula is C11H17N3O3S. The molecule has 0 radical (unpaired) electrons. The molecule has 1 aromatic heterocycles. The van der Waals surface area contributed by atoms with Gasteiger partial charge in [-0.3, -0.25) is 4.79 Å². The van der Waals surface area contributed by atoms with E-state index in [1.807, 2.05) is 12.3 Å². The number of rotatable bonds is 6. The van der Waals surface area contributed by atoms with Crippen LogP contribution in [0.15, 0.2) is 11.6 Å². The van der Waals surface area contributed by atoms with E-state index < -0.39 is 17.9 Å². The smallest absolute Gasteiger partial charge is 0.332 e. The number of ether oxygens (including phenoxy) is 1. The second kappa shape index (κ2) is 7.07. The third-order valence-corrected chi connectivity index (χ3v) is 3.19. The normalized spacial score (nSPS) is 13.7. The molecule has 1 amide bonds. The van der Waals surface area contributed by atoms with Gasteiger partial charge in [0.2, 0.25) is 5.91 Å². The van der Waals surface area contributed by atoms with Gasteiger partial charge in [0.05, 0.1) is 12.6 Å². The van der Waals surface area contributed by atoms with Crippen molar-refractivity contribution in [2.24, 2.45) is 5.73 Å². The first-order valence-electron chi connectivity index (χ1n) is 5.72. The van der Waals surface area contributed by atoms with Gasteiger partial charge in [0.25, 0.3) is 0 Å². The third-order valence-electron chi connectivity index (χ3n) is 2.30. The van der Waals surface area contributed by atoms with Gasteiger partial charge in [-0.15, -0.1) is 11.3 Å². The topological polar surface area (TPSA) is 94.3 Å². The molecule has 0 bridgehead atoms. The Hall–Kier alpha value is -1.47. The number of thiazole rings is 1. The number of carbonyl (C=O) groups excluding carboxylic acids is 2. The Morgan fingerprint density at radius 3 is 2.78 bits per heavy atom. The first kappa shape index (κ1) is 14.6. The number of nitrogens with one attached hydrogen (secondary N) is 1. The van der Waals surface area contributed by atoms with Crippen LogP contribution in [0.25, 0.3) is 0 Å². The van der Waals surface area contributed by atoms with Gasteiger partial charge in [-0.25, -0.2) is 9.78 Å². The fraction of sp³-hybridized carbons (Fsp3) is 0.545. The maximum absolute atomic E-state index is 11.8. The van der Waals surface area contributed by atoms with Gasteiger partial charge in [0.1, 0.15) is 5.01 Å². The standard InChI is InChI=1S/C11H17N3O3S/c1-3-7(10-13-5-6-18-10)14-9(15)8(12)11(16)17-4-2/h5-8H,3-4,12H2,1-2H3,(H,14,15). The van der Waals surface area contributed by atoms with Crippen molar-refractivity contribution in [3.05, 3.63) is 16.6 Å². The predicted octanol–water partition coefficient (Wildman–Crippen LogP) is 0.601. The minimum Gasteiger partial charge on any atom is -0.464 e. The van der Waals surface area contributed by atoms with Gasteiger partial charge >= 0.3 is 5.97 Å². The Kier molecular flexibility index (Phi) is 5.73. The molecular weight excluding hydrogens is 254 g/mol. The van der Waals surface area contributed by atoms with Crippen LogP contribution >= 0.6 is 11.3 Å². The third kappa shape index (κ3) is 3.78. The van der Waals surface area contributed by atoms with Crippen LogP contribution in [0.5, 0.6) is 0 Å². The first-order valence-corrected chi connectivity index (χ1v) is 6.60. The molecule has 7 heteroatoms. The maximum Gasteiger partial charge on any atom is 0.332 e. The molecule has 18 heavy (non-hydrogen) atoms. The van der Waals surface area contributed by atoms with E-state index in [0.29, 0.717) is 6.42 Å². The summed E-state index contributed by atoms with van der Waals surface area (Å²) in [7, 11) is 0. The molecule has 1 heterocycles. The van der Waals surface area contributed by atoms with E-state index in [1.165, 1.54) is 11.3 Å². The van der Waals surface area contributed by atoms with Crippen molar-refractivity contribution < 1.29 is 14.3 Å². The van der Waals surface area contributed by atoms with Crippen LogP contribution in [-0.2, 0) is 14.3 Å². The summed E-state index contributed by atoms with van der Waals surface area (Å²) in [6.07, 6.45) is 2.34. The van der Waals surface area contributed by atoms with Crippen molar-refractivity contribution in [3.63, 3.8) is 0 Å². The lowest BCUT2D eigenvalue weighted by molar-refractivity contribution is -0.148. The van der Waals surface area contributed by atoms with E-state index in [0.717, 1.165) is 5.01 Å². The molecule has 2 atom stereocenters. The van der Waals surface area contributed by atoms with Crippen molar-refractivity contribution in [1.82, 2.24) is 10.3 Å². The van der Waals surface area contributed by atoms with Crippen LogP contribution in [0.1, 0.15) is 31.3 Å². The second-order valence-electron chi connectivity index (χ2n) is 3.57. The highest BCUT2D eigenvalue weighted by Gasteiger charge is 2.26. The zero-order valence-corrected chi connectivity index (χ0v) is 11.2. The average molecular weight is 271 g/mol. The SMILES string of the molecule is CCOC(=O)C(N)C(=O)NC(CC)c1nccs1. The van der Waals surface area contributed by atoms with Gasteiger partial charge in [0.15, 0.2) is 6.04 Å². The Balaban J connectivity index is 2.60. The van der Waals surface area contributed by atoms with E-state index in [9.17, 15) is 9.59 Å². The van der Waals surface area contributed by atoms with E-state index in [4.69, 9.17) is 10.5 Å². The summed E-state index contributed by atoms with van der Waals surface area (Å²) in [5, 5.41) is 5.31. The minimum absolute atomic E-state index is 0.198. The predicted molar refractivity (Wildman–Crippen MR) is 67.9 cm³/mol. The van der Waals surface area contributed by atoms with Crippen LogP contribution in [0.4, 0.5) is 0 Å². The molecule has 0 aliphatic carbocycles.